The van der Waals surface area contributed by atoms with Gasteiger partial charge in [0, 0.05) is 5.54 Å². The molecule has 0 heterocycles. The second kappa shape index (κ2) is 6.27. The largest absolute Gasteiger partial charge is 0.167 e. The number of allylic oxidation sites excluding steroid dienone is 2. The molecule has 1 atom stereocenters. The maximum absolute atomic E-state index is 6.45. The van der Waals surface area contributed by atoms with Gasteiger partial charge in [0.05, 0.1) is 0 Å². The van der Waals surface area contributed by atoms with Gasteiger partial charge in [0.15, 0.2) is 7.38 Å². The van der Waals surface area contributed by atoms with Crippen LogP contribution in [0.3, 0.4) is 0 Å². The van der Waals surface area contributed by atoms with Crippen molar-refractivity contribution >= 4 is 30.6 Å². The van der Waals surface area contributed by atoms with Crippen molar-refractivity contribution in [1.82, 2.24) is 0 Å². The van der Waals surface area contributed by atoms with E-state index in [1.54, 1.807) is 0 Å². The van der Waals surface area contributed by atoms with E-state index in [0.29, 0.717) is 5.54 Å². The van der Waals surface area contributed by atoms with Crippen LogP contribution in [0, 0.1) is 0 Å². The molecule has 0 N–H and O–H groups in total. The van der Waals surface area contributed by atoms with Gasteiger partial charge in [-0.15, -0.1) is 0 Å². The average molecular weight is 325 g/mol. The quantitative estimate of drug-likeness (QED) is 0.443. The van der Waals surface area contributed by atoms with Crippen LogP contribution in [0.15, 0.2) is 60.7 Å². The van der Waals surface area contributed by atoms with E-state index in [0.717, 1.165) is 6.42 Å². The zero-order chi connectivity index (χ0) is 15.6. The van der Waals surface area contributed by atoms with Crippen LogP contribution in [0.1, 0.15) is 27.8 Å². The van der Waals surface area contributed by atoms with Gasteiger partial charge < -0.3 is 0 Å². The Morgan fingerprint density at radius 2 is 1.59 bits per heavy atom. The first-order valence-electron chi connectivity index (χ1n) is 7.76. The van der Waals surface area contributed by atoms with Gasteiger partial charge in [-0.3, -0.25) is 0 Å². The van der Waals surface area contributed by atoms with Crippen LogP contribution < -0.4 is 0 Å². The first-order chi connectivity index (χ1) is 10.6. The highest BCUT2D eigenvalue weighted by Crippen LogP contribution is 2.38. The lowest BCUT2D eigenvalue weighted by atomic mass is 10.1. The van der Waals surface area contributed by atoms with Crippen molar-refractivity contribution in [2.75, 3.05) is 0 Å². The van der Waals surface area contributed by atoms with Gasteiger partial charge in [-0.1, -0.05) is 85.9 Å². The molecular weight excluding hydrogens is 304 g/mol. The zero-order valence-electron chi connectivity index (χ0n) is 13.1. The number of fused-ring (bicyclic) bond motifs is 2. The number of hydrogen-bond acceptors (Lipinski definition) is 0. The summed E-state index contributed by atoms with van der Waals surface area (Å²) in [5.74, 6) is 0. The third-order valence-corrected chi connectivity index (χ3v) is 6.92. The normalized spacial score (nSPS) is 17.7. The second-order valence-corrected chi connectivity index (χ2v) is 13.0. The Bertz CT molecular complexity index is 722. The Labute approximate surface area is 138 Å². The number of rotatable bonds is 1. The molecule has 0 amide bonds. The summed E-state index contributed by atoms with van der Waals surface area (Å²) < 4.78 is 0. The fourth-order valence-electron chi connectivity index (χ4n) is 3.04. The van der Waals surface area contributed by atoms with Crippen LogP contribution in [0.4, 0.5) is 0 Å². The lowest BCUT2D eigenvalue weighted by molar-refractivity contribution is 1.19. The van der Waals surface area contributed by atoms with E-state index in [2.05, 4.69) is 85.9 Å². The molecule has 2 aromatic rings. The minimum Gasteiger partial charge on any atom is -0.167 e. The summed E-state index contributed by atoms with van der Waals surface area (Å²) in [6.07, 6.45) is 9.94. The molecule has 0 saturated heterocycles. The van der Waals surface area contributed by atoms with Crippen molar-refractivity contribution < 1.29 is 0 Å². The Morgan fingerprint density at radius 3 is 2.32 bits per heavy atom. The second-order valence-electron chi connectivity index (χ2n) is 6.34. The summed E-state index contributed by atoms with van der Waals surface area (Å²) in [6, 6.07) is 17.0. The van der Waals surface area contributed by atoms with Crippen molar-refractivity contribution in [2.45, 2.75) is 25.1 Å². The van der Waals surface area contributed by atoms with Crippen LogP contribution in [-0.2, 0) is 6.42 Å². The minimum atomic E-state index is -1.59. The average Bonchev–Trinajstić information content (AvgIpc) is 3.14. The van der Waals surface area contributed by atoms with E-state index in [4.69, 9.17) is 11.1 Å². The molecular formula is C20H21ClSi. The summed E-state index contributed by atoms with van der Waals surface area (Å²) in [5, 5.41) is 0. The Morgan fingerprint density at radius 1 is 0.909 bits per heavy atom. The third-order valence-electron chi connectivity index (χ3n) is 4.23. The van der Waals surface area contributed by atoms with Crippen molar-refractivity contribution in [1.29, 1.82) is 0 Å². The monoisotopic (exact) mass is 324 g/mol. The predicted molar refractivity (Wildman–Crippen MR) is 101 cm³/mol. The van der Waals surface area contributed by atoms with E-state index < -0.39 is 7.38 Å². The molecule has 0 fully saturated rings. The highest BCUT2D eigenvalue weighted by atomic mass is 35.6. The molecule has 2 aliphatic carbocycles. The van der Waals surface area contributed by atoms with Gasteiger partial charge in [-0.05, 0) is 28.7 Å². The van der Waals surface area contributed by atoms with Crippen LogP contribution in [0.5, 0.6) is 0 Å². The first-order valence-corrected chi connectivity index (χ1v) is 11.8. The highest BCUT2D eigenvalue weighted by molar-refractivity contribution is 7.20. The molecule has 0 saturated carbocycles. The van der Waals surface area contributed by atoms with E-state index in [1.807, 2.05) is 0 Å². The Kier molecular flexibility index (Phi) is 4.37. The van der Waals surface area contributed by atoms with Crippen LogP contribution in [-0.4, -0.2) is 7.38 Å². The van der Waals surface area contributed by atoms with Gasteiger partial charge in [-0.2, -0.15) is 11.1 Å². The fraction of sp³-hybridized carbons (Fsp3) is 0.200. The Balaban J connectivity index is 0.000000139. The fourth-order valence-corrected chi connectivity index (χ4v) is 5.17. The third kappa shape index (κ3) is 3.26. The number of hydrogen-bond donors (Lipinski definition) is 0. The van der Waals surface area contributed by atoms with E-state index in [9.17, 15) is 0 Å². The van der Waals surface area contributed by atoms with Crippen LogP contribution in [0.2, 0.25) is 13.1 Å². The maximum atomic E-state index is 6.45. The number of halogens is 1. The molecule has 4 rings (SSSR count). The molecule has 2 aromatic carbocycles. The molecule has 22 heavy (non-hydrogen) atoms. The van der Waals surface area contributed by atoms with Crippen LogP contribution >= 0.6 is 11.1 Å². The van der Waals surface area contributed by atoms with Crippen molar-refractivity contribution in [3.8, 4) is 0 Å². The van der Waals surface area contributed by atoms with Crippen molar-refractivity contribution in [3.05, 3.63) is 82.9 Å². The molecule has 1 unspecified atom stereocenters. The molecule has 0 aliphatic heterocycles. The van der Waals surface area contributed by atoms with Crippen LogP contribution in [0.25, 0.3) is 12.2 Å². The molecule has 0 nitrogen and oxygen atoms in total. The predicted octanol–water partition coefficient (Wildman–Crippen LogP) is 6.04. The molecule has 0 radical (unpaired) electrons. The zero-order valence-corrected chi connectivity index (χ0v) is 14.8. The SMILES string of the molecule is C1=Cc2ccccc2C1.C[Si](C)(Cl)C1C=Cc2ccccc21. The topological polar surface area (TPSA) is 0 Å². The summed E-state index contributed by atoms with van der Waals surface area (Å²) in [7, 11) is -1.59. The molecule has 2 heteroatoms. The van der Waals surface area contributed by atoms with Gasteiger partial charge in [-0.25, -0.2) is 0 Å². The summed E-state index contributed by atoms with van der Waals surface area (Å²) in [5.41, 5.74) is 6.09. The highest BCUT2D eigenvalue weighted by Gasteiger charge is 2.32. The molecule has 0 spiro atoms. The van der Waals surface area contributed by atoms with E-state index >= 15 is 0 Å². The van der Waals surface area contributed by atoms with Gasteiger partial charge >= 0.3 is 0 Å². The molecule has 0 aromatic heterocycles. The first kappa shape index (κ1) is 15.3. The van der Waals surface area contributed by atoms with E-state index in [1.165, 1.54) is 22.3 Å². The minimum absolute atomic E-state index is 0.491. The summed E-state index contributed by atoms with van der Waals surface area (Å²) >= 11 is 6.45. The van der Waals surface area contributed by atoms with E-state index in [-0.39, 0.29) is 0 Å². The summed E-state index contributed by atoms with van der Waals surface area (Å²) in [6.45, 7) is 4.40. The lowest BCUT2D eigenvalue weighted by Gasteiger charge is -2.21. The smallest absolute Gasteiger partial charge is 0.161 e. The number of benzene rings is 2. The maximum Gasteiger partial charge on any atom is 0.161 e. The van der Waals surface area contributed by atoms with Gasteiger partial charge in [0.2, 0.25) is 0 Å². The van der Waals surface area contributed by atoms with Crippen molar-refractivity contribution in [3.63, 3.8) is 0 Å². The standard InChI is InChI=1S/C11H13ClSi.C9H8/c1-13(2,12)11-8-7-9-5-3-4-6-10(9)11;1-2-5-9-7-3-6-8(9)4-1/h3-8,11H,1-2H3;1-6H,7H2. The Hall–Kier alpha value is -1.57. The molecule has 0 bridgehead atoms. The summed E-state index contributed by atoms with van der Waals surface area (Å²) in [4.78, 5) is 0. The lowest BCUT2D eigenvalue weighted by Crippen LogP contribution is -2.25. The molecule has 2 aliphatic rings. The van der Waals surface area contributed by atoms with Gasteiger partial charge in [0.1, 0.15) is 0 Å². The van der Waals surface area contributed by atoms with Crippen molar-refractivity contribution in [2.24, 2.45) is 0 Å². The van der Waals surface area contributed by atoms with Gasteiger partial charge in [0.25, 0.3) is 0 Å². The molecule has 112 valence electrons.